The minimum absolute atomic E-state index is 0.0405. The number of hydrogen-bond acceptors (Lipinski definition) is 5. The number of rotatable bonds is 10. The maximum absolute atomic E-state index is 13.5. The van der Waals surface area contributed by atoms with Crippen LogP contribution >= 0.6 is 34.8 Å². The smallest absolute Gasteiger partial charge is 0.275 e. The molecule has 0 unspecified atom stereocenters. The molecule has 3 rings (SSSR count). The van der Waals surface area contributed by atoms with E-state index in [0.29, 0.717) is 35.1 Å². The lowest BCUT2D eigenvalue weighted by Crippen LogP contribution is -2.34. The van der Waals surface area contributed by atoms with Crippen LogP contribution in [0.5, 0.6) is 0 Å². The van der Waals surface area contributed by atoms with Crippen LogP contribution in [0, 0.1) is 13.8 Å². The van der Waals surface area contributed by atoms with Gasteiger partial charge in [0.05, 0.1) is 32.7 Å². The predicted molar refractivity (Wildman–Crippen MR) is 159 cm³/mol. The Labute approximate surface area is 238 Å². The SMILES string of the molecule is CCN(CCNS(C)(=O)=O)c1ccc(N=C(C(=O)Nc2cc(C)ccc2Cl)c2c(Cl)cccc2Cl)c(C)c1. The molecule has 0 aliphatic rings. The summed E-state index contributed by atoms with van der Waals surface area (Å²) in [6, 6.07) is 15.9. The third-order valence-corrected chi connectivity index (χ3v) is 7.38. The number of sulfonamides is 1. The molecule has 0 spiro atoms. The number of aliphatic imine (C=N–C) groups is 1. The van der Waals surface area contributed by atoms with Crippen LogP contribution in [-0.4, -0.2) is 45.9 Å². The van der Waals surface area contributed by atoms with Crippen molar-refractivity contribution in [3.8, 4) is 0 Å². The third-order valence-electron chi connectivity index (χ3n) is 5.69. The second-order valence-corrected chi connectivity index (χ2v) is 11.8. The Morgan fingerprint density at radius 1 is 0.974 bits per heavy atom. The van der Waals surface area contributed by atoms with E-state index in [0.717, 1.165) is 23.1 Å². The predicted octanol–water partition coefficient (Wildman–Crippen LogP) is 6.40. The largest absolute Gasteiger partial charge is 0.370 e. The molecule has 0 aromatic heterocycles. The van der Waals surface area contributed by atoms with Crippen LogP contribution in [0.3, 0.4) is 0 Å². The number of carbonyl (C=O) groups excluding carboxylic acids is 1. The first kappa shape index (κ1) is 29.9. The van der Waals surface area contributed by atoms with Gasteiger partial charge in [0.1, 0.15) is 5.71 Å². The molecule has 0 fully saturated rings. The average molecular weight is 596 g/mol. The molecule has 0 atom stereocenters. The maximum Gasteiger partial charge on any atom is 0.275 e. The van der Waals surface area contributed by atoms with Crippen molar-refractivity contribution in [3.05, 3.63) is 86.4 Å². The number of nitrogens with one attached hydrogen (secondary N) is 2. The molecule has 0 aliphatic heterocycles. The summed E-state index contributed by atoms with van der Waals surface area (Å²) in [5.41, 5.74) is 3.97. The summed E-state index contributed by atoms with van der Waals surface area (Å²) >= 11 is 19.3. The summed E-state index contributed by atoms with van der Waals surface area (Å²) in [7, 11) is -3.27. The molecule has 3 aromatic carbocycles. The molecule has 202 valence electrons. The van der Waals surface area contributed by atoms with Crippen molar-refractivity contribution >= 4 is 73.5 Å². The lowest BCUT2D eigenvalue weighted by Gasteiger charge is -2.24. The van der Waals surface area contributed by atoms with Gasteiger partial charge in [0.2, 0.25) is 10.0 Å². The monoisotopic (exact) mass is 594 g/mol. The van der Waals surface area contributed by atoms with E-state index >= 15 is 0 Å². The molecule has 7 nitrogen and oxygen atoms in total. The molecular weight excluding hydrogens is 567 g/mol. The van der Waals surface area contributed by atoms with E-state index in [-0.39, 0.29) is 22.3 Å². The highest BCUT2D eigenvalue weighted by molar-refractivity contribution is 7.88. The number of halogens is 3. The lowest BCUT2D eigenvalue weighted by atomic mass is 10.1. The van der Waals surface area contributed by atoms with Crippen LogP contribution in [0.2, 0.25) is 15.1 Å². The van der Waals surface area contributed by atoms with Gasteiger partial charge in [-0.25, -0.2) is 18.1 Å². The minimum Gasteiger partial charge on any atom is -0.370 e. The van der Waals surface area contributed by atoms with Crippen molar-refractivity contribution in [1.29, 1.82) is 0 Å². The van der Waals surface area contributed by atoms with Crippen LogP contribution in [0.1, 0.15) is 23.6 Å². The molecule has 0 saturated carbocycles. The fourth-order valence-electron chi connectivity index (χ4n) is 3.78. The van der Waals surface area contributed by atoms with E-state index in [1.165, 1.54) is 0 Å². The number of benzene rings is 3. The Hall–Kier alpha value is -2.62. The molecular formula is C27H29Cl3N4O3S. The number of anilines is 2. The molecule has 0 bridgehead atoms. The van der Waals surface area contributed by atoms with Gasteiger partial charge in [-0.1, -0.05) is 46.9 Å². The number of likely N-dealkylation sites (N-methyl/N-ethyl adjacent to an activating group) is 1. The van der Waals surface area contributed by atoms with E-state index in [1.807, 2.05) is 43.9 Å². The first-order valence-corrected chi connectivity index (χ1v) is 14.8. The van der Waals surface area contributed by atoms with Crippen molar-refractivity contribution in [1.82, 2.24) is 4.72 Å². The zero-order valence-corrected chi connectivity index (χ0v) is 24.6. The molecule has 0 heterocycles. The zero-order chi connectivity index (χ0) is 28.0. The molecule has 2 N–H and O–H groups in total. The van der Waals surface area contributed by atoms with E-state index in [2.05, 4.69) is 10.0 Å². The zero-order valence-electron chi connectivity index (χ0n) is 21.5. The van der Waals surface area contributed by atoms with Gasteiger partial charge in [-0.2, -0.15) is 0 Å². The van der Waals surface area contributed by atoms with Crippen molar-refractivity contribution in [2.75, 3.05) is 36.1 Å². The van der Waals surface area contributed by atoms with Crippen LogP contribution in [0.4, 0.5) is 17.1 Å². The van der Waals surface area contributed by atoms with Gasteiger partial charge >= 0.3 is 0 Å². The lowest BCUT2D eigenvalue weighted by molar-refractivity contribution is -0.110. The molecule has 38 heavy (non-hydrogen) atoms. The highest BCUT2D eigenvalue weighted by Gasteiger charge is 2.22. The van der Waals surface area contributed by atoms with Crippen molar-refractivity contribution in [2.24, 2.45) is 4.99 Å². The first-order valence-electron chi connectivity index (χ1n) is 11.8. The van der Waals surface area contributed by atoms with Gasteiger partial charge in [0.15, 0.2) is 0 Å². The van der Waals surface area contributed by atoms with Gasteiger partial charge in [-0.05, 0) is 74.4 Å². The molecule has 0 aliphatic carbocycles. The van der Waals surface area contributed by atoms with Gasteiger partial charge < -0.3 is 10.2 Å². The standard InChI is InChI=1S/C27H29Cl3N4O3S/c1-5-34(14-13-31-38(4,36)37)19-10-12-23(18(3)16-19)32-26(25-21(29)7-6-8-22(25)30)27(35)33-24-15-17(2)9-11-20(24)28/h6-12,15-16,31H,5,13-14H2,1-4H3,(H,33,35). The Bertz CT molecular complexity index is 1460. The Morgan fingerprint density at radius 3 is 2.26 bits per heavy atom. The third kappa shape index (κ3) is 7.94. The van der Waals surface area contributed by atoms with Crippen LogP contribution < -0.4 is 14.9 Å². The van der Waals surface area contributed by atoms with E-state index in [1.54, 1.807) is 36.4 Å². The Kier molecular flexibility index (Phi) is 10.2. The summed E-state index contributed by atoms with van der Waals surface area (Å²) in [6.45, 7) is 7.21. The van der Waals surface area contributed by atoms with Crippen molar-refractivity contribution in [2.45, 2.75) is 20.8 Å². The number of carbonyl (C=O) groups is 1. The Morgan fingerprint density at radius 2 is 1.66 bits per heavy atom. The first-order chi connectivity index (χ1) is 17.9. The van der Waals surface area contributed by atoms with Crippen LogP contribution in [0.15, 0.2) is 59.6 Å². The summed E-state index contributed by atoms with van der Waals surface area (Å²) in [4.78, 5) is 20.3. The Balaban J connectivity index is 2.00. The van der Waals surface area contributed by atoms with E-state index in [9.17, 15) is 13.2 Å². The van der Waals surface area contributed by atoms with Gasteiger partial charge in [0.25, 0.3) is 5.91 Å². The number of amides is 1. The number of aryl methyl sites for hydroxylation is 2. The number of hydrogen-bond donors (Lipinski definition) is 2. The van der Waals surface area contributed by atoms with Crippen LogP contribution in [0.25, 0.3) is 0 Å². The van der Waals surface area contributed by atoms with Gasteiger partial charge in [-0.15, -0.1) is 0 Å². The summed E-state index contributed by atoms with van der Waals surface area (Å²) < 4.78 is 25.3. The summed E-state index contributed by atoms with van der Waals surface area (Å²) in [5.74, 6) is -0.516. The fraction of sp³-hybridized carbons (Fsp3) is 0.259. The summed E-state index contributed by atoms with van der Waals surface area (Å²) in [6.07, 6.45) is 1.13. The van der Waals surface area contributed by atoms with Gasteiger partial charge in [0, 0.05) is 30.9 Å². The normalized spacial score (nSPS) is 11.9. The highest BCUT2D eigenvalue weighted by atomic mass is 35.5. The molecule has 1 amide bonds. The highest BCUT2D eigenvalue weighted by Crippen LogP contribution is 2.31. The average Bonchev–Trinajstić information content (AvgIpc) is 2.83. The number of nitrogens with zero attached hydrogens (tertiary/aromatic N) is 2. The van der Waals surface area contributed by atoms with Gasteiger partial charge in [-0.3, -0.25) is 4.79 Å². The molecule has 3 aromatic rings. The molecule has 0 saturated heterocycles. The van der Waals surface area contributed by atoms with E-state index in [4.69, 9.17) is 39.8 Å². The minimum atomic E-state index is -3.27. The maximum atomic E-state index is 13.5. The van der Waals surface area contributed by atoms with Crippen molar-refractivity contribution < 1.29 is 13.2 Å². The fourth-order valence-corrected chi connectivity index (χ4v) is 4.98. The molecule has 11 heteroatoms. The quantitative estimate of drug-likeness (QED) is 0.266. The second kappa shape index (κ2) is 13.0. The summed E-state index contributed by atoms with van der Waals surface area (Å²) in [5, 5.41) is 3.79. The molecule has 0 radical (unpaired) electrons. The van der Waals surface area contributed by atoms with Crippen molar-refractivity contribution in [3.63, 3.8) is 0 Å². The second-order valence-electron chi connectivity index (χ2n) is 8.71. The van der Waals surface area contributed by atoms with E-state index < -0.39 is 15.9 Å². The topological polar surface area (TPSA) is 90.9 Å². The van der Waals surface area contributed by atoms with Crippen LogP contribution in [-0.2, 0) is 14.8 Å².